The van der Waals surface area contributed by atoms with Gasteiger partial charge in [0, 0.05) is 35.1 Å². The van der Waals surface area contributed by atoms with Crippen LogP contribution < -0.4 is 0 Å². The number of carbonyl (C=O) groups is 2. The fraction of sp³-hybridized carbons (Fsp3) is 0.273. The maximum atomic E-state index is 13.3. The summed E-state index contributed by atoms with van der Waals surface area (Å²) >= 11 is 6.26. The minimum Gasteiger partial charge on any atom is -0.508 e. The molecule has 0 radical (unpaired) electrons. The number of hydrogen-bond acceptors (Lipinski definition) is 3. The molecule has 0 aliphatic carbocycles. The summed E-state index contributed by atoms with van der Waals surface area (Å²) in [6.07, 6.45) is 0.910. The molecule has 1 fully saturated rings. The van der Waals surface area contributed by atoms with Crippen molar-refractivity contribution < 1.29 is 14.7 Å². The number of aromatic amines is 1. The summed E-state index contributed by atoms with van der Waals surface area (Å²) in [4.78, 5) is 32.8. The standard InChI is InChI=1S/C22H20ClN3O3/c1-3-22-11-16-15-10-13(23)7-8-17(15)24-18(16)19(12-5-4-6-14(27)9-12)26(22)21(29)25(2)20(22)28/h4-10,19,24,27H,3,11H2,1-2H3. The second-order valence-corrected chi connectivity index (χ2v) is 8.22. The Hall–Kier alpha value is -2.99. The number of benzene rings is 2. The third-order valence-electron chi connectivity index (χ3n) is 6.33. The van der Waals surface area contributed by atoms with Crippen LogP contribution >= 0.6 is 11.6 Å². The number of nitrogens with one attached hydrogen (secondary N) is 1. The Morgan fingerprint density at radius 3 is 2.76 bits per heavy atom. The van der Waals surface area contributed by atoms with Gasteiger partial charge in [-0.15, -0.1) is 0 Å². The summed E-state index contributed by atoms with van der Waals surface area (Å²) in [5, 5.41) is 11.7. The summed E-state index contributed by atoms with van der Waals surface area (Å²) in [6.45, 7) is 1.93. The van der Waals surface area contributed by atoms with Gasteiger partial charge < -0.3 is 10.1 Å². The van der Waals surface area contributed by atoms with Crippen molar-refractivity contribution in [1.29, 1.82) is 0 Å². The molecule has 0 spiro atoms. The van der Waals surface area contributed by atoms with E-state index in [0.29, 0.717) is 17.9 Å². The first-order valence-electron chi connectivity index (χ1n) is 9.58. The molecule has 0 bridgehead atoms. The van der Waals surface area contributed by atoms with Crippen LogP contribution in [0.2, 0.25) is 5.02 Å². The van der Waals surface area contributed by atoms with Crippen molar-refractivity contribution in [2.45, 2.75) is 31.3 Å². The molecule has 3 aromatic rings. The molecule has 1 saturated heterocycles. The van der Waals surface area contributed by atoms with Crippen LogP contribution in [0.25, 0.3) is 10.9 Å². The number of hydrogen-bond donors (Lipinski definition) is 2. The highest BCUT2D eigenvalue weighted by Crippen LogP contribution is 2.50. The van der Waals surface area contributed by atoms with Crippen LogP contribution in [0.5, 0.6) is 5.75 Å². The Bertz CT molecular complexity index is 1190. The van der Waals surface area contributed by atoms with E-state index in [1.165, 1.54) is 11.9 Å². The van der Waals surface area contributed by atoms with Crippen LogP contribution in [0.1, 0.15) is 36.2 Å². The number of H-pyrrole nitrogens is 1. The highest BCUT2D eigenvalue weighted by molar-refractivity contribution is 6.31. The number of likely N-dealkylation sites (N-methyl/N-ethyl adjacent to an activating group) is 1. The molecule has 1 aromatic heterocycles. The molecule has 2 aliphatic rings. The largest absolute Gasteiger partial charge is 0.508 e. The zero-order chi connectivity index (χ0) is 20.5. The normalized spacial score (nSPS) is 23.6. The number of urea groups is 1. The number of carbonyl (C=O) groups excluding carboxylic acids is 2. The van der Waals surface area contributed by atoms with Gasteiger partial charge in [-0.2, -0.15) is 0 Å². The van der Waals surface area contributed by atoms with Crippen LogP contribution in [0, 0.1) is 0 Å². The number of aromatic hydroxyl groups is 1. The molecule has 2 aliphatic heterocycles. The van der Waals surface area contributed by atoms with Gasteiger partial charge in [0.1, 0.15) is 17.3 Å². The van der Waals surface area contributed by atoms with E-state index in [9.17, 15) is 14.7 Å². The van der Waals surface area contributed by atoms with Crippen molar-refractivity contribution in [3.05, 3.63) is 64.3 Å². The van der Waals surface area contributed by atoms with E-state index in [1.54, 1.807) is 23.1 Å². The van der Waals surface area contributed by atoms with Gasteiger partial charge in [0.05, 0.1) is 0 Å². The van der Waals surface area contributed by atoms with Crippen LogP contribution in [-0.4, -0.2) is 44.4 Å². The second-order valence-electron chi connectivity index (χ2n) is 7.78. The van der Waals surface area contributed by atoms with E-state index in [2.05, 4.69) is 4.98 Å². The van der Waals surface area contributed by atoms with Gasteiger partial charge in [0.15, 0.2) is 0 Å². The number of nitrogens with zero attached hydrogens (tertiary/aromatic N) is 2. The molecular weight excluding hydrogens is 390 g/mol. The molecular formula is C22H20ClN3O3. The van der Waals surface area contributed by atoms with Gasteiger partial charge in [-0.1, -0.05) is 30.7 Å². The number of aromatic nitrogens is 1. The van der Waals surface area contributed by atoms with Gasteiger partial charge in [-0.3, -0.25) is 14.6 Å². The fourth-order valence-electron chi connectivity index (χ4n) is 4.91. The molecule has 2 unspecified atom stereocenters. The first-order chi connectivity index (χ1) is 13.9. The van der Waals surface area contributed by atoms with E-state index in [4.69, 9.17) is 11.6 Å². The highest BCUT2D eigenvalue weighted by atomic mass is 35.5. The van der Waals surface area contributed by atoms with Crippen LogP contribution in [0.15, 0.2) is 42.5 Å². The Morgan fingerprint density at radius 1 is 1.24 bits per heavy atom. The second kappa shape index (κ2) is 6.00. The lowest BCUT2D eigenvalue weighted by Gasteiger charge is -2.44. The lowest BCUT2D eigenvalue weighted by molar-refractivity contribution is -0.133. The van der Waals surface area contributed by atoms with Gasteiger partial charge >= 0.3 is 6.03 Å². The van der Waals surface area contributed by atoms with E-state index in [1.807, 2.05) is 31.2 Å². The SMILES string of the molecule is CCC12Cc3c([nH]c4ccc(Cl)cc34)C(c3cccc(O)c3)N1C(=O)N(C)C2=O. The minimum atomic E-state index is -0.966. The van der Waals surface area contributed by atoms with Crippen molar-refractivity contribution in [2.75, 3.05) is 7.05 Å². The monoisotopic (exact) mass is 409 g/mol. The molecule has 7 heteroatoms. The zero-order valence-electron chi connectivity index (χ0n) is 16.1. The summed E-state index contributed by atoms with van der Waals surface area (Å²) in [6, 6.07) is 11.6. The Morgan fingerprint density at radius 2 is 2.03 bits per heavy atom. The fourth-order valence-corrected chi connectivity index (χ4v) is 5.08. The quantitative estimate of drug-likeness (QED) is 0.622. The van der Waals surface area contributed by atoms with Crippen molar-refractivity contribution in [3.8, 4) is 5.75 Å². The average molecular weight is 410 g/mol. The van der Waals surface area contributed by atoms with Gasteiger partial charge in [0.2, 0.25) is 0 Å². The van der Waals surface area contributed by atoms with Gasteiger partial charge in [-0.05, 0) is 47.9 Å². The smallest absolute Gasteiger partial charge is 0.328 e. The van der Waals surface area contributed by atoms with Crippen LogP contribution in [0.4, 0.5) is 4.79 Å². The summed E-state index contributed by atoms with van der Waals surface area (Å²) < 4.78 is 0. The lowest BCUT2D eigenvalue weighted by Crippen LogP contribution is -2.55. The molecule has 5 rings (SSSR count). The summed E-state index contributed by atoms with van der Waals surface area (Å²) in [5.74, 6) is -0.0839. The van der Waals surface area contributed by atoms with Crippen LogP contribution in [0.3, 0.4) is 0 Å². The average Bonchev–Trinajstić information content (AvgIpc) is 3.15. The number of imide groups is 1. The van der Waals surface area contributed by atoms with Crippen molar-refractivity contribution in [1.82, 2.24) is 14.8 Å². The van der Waals surface area contributed by atoms with Crippen LogP contribution in [-0.2, 0) is 11.2 Å². The summed E-state index contributed by atoms with van der Waals surface area (Å²) in [7, 11) is 1.53. The summed E-state index contributed by atoms with van der Waals surface area (Å²) in [5.41, 5.74) is 2.54. The van der Waals surface area contributed by atoms with Crippen molar-refractivity contribution >= 4 is 34.4 Å². The topological polar surface area (TPSA) is 76.6 Å². The molecule has 0 saturated carbocycles. The van der Waals surface area contributed by atoms with E-state index < -0.39 is 11.6 Å². The molecule has 6 nitrogen and oxygen atoms in total. The molecule has 3 amide bonds. The number of rotatable bonds is 2. The van der Waals surface area contributed by atoms with Gasteiger partial charge in [-0.25, -0.2) is 4.79 Å². The number of halogens is 1. The zero-order valence-corrected chi connectivity index (χ0v) is 16.8. The Labute approximate surface area is 172 Å². The number of amides is 3. The van der Waals surface area contributed by atoms with E-state index in [-0.39, 0.29) is 17.7 Å². The first-order valence-corrected chi connectivity index (χ1v) is 9.95. The first kappa shape index (κ1) is 18.1. The predicted octanol–water partition coefficient (Wildman–Crippen LogP) is 4.22. The molecule has 2 N–H and O–H groups in total. The minimum absolute atomic E-state index is 0.113. The number of phenols is 1. The van der Waals surface area contributed by atoms with E-state index in [0.717, 1.165) is 27.7 Å². The maximum absolute atomic E-state index is 13.3. The lowest BCUT2D eigenvalue weighted by atomic mass is 9.78. The molecule has 148 valence electrons. The molecule has 29 heavy (non-hydrogen) atoms. The number of fused-ring (bicyclic) bond motifs is 4. The number of phenolic OH excluding ortho intramolecular Hbond substituents is 1. The Balaban J connectivity index is 1.85. The maximum Gasteiger partial charge on any atom is 0.328 e. The molecule has 3 heterocycles. The molecule has 2 aromatic carbocycles. The third-order valence-corrected chi connectivity index (χ3v) is 6.56. The third kappa shape index (κ3) is 2.29. The Kier molecular flexibility index (Phi) is 3.74. The predicted molar refractivity (Wildman–Crippen MR) is 110 cm³/mol. The van der Waals surface area contributed by atoms with Crippen molar-refractivity contribution in [2.24, 2.45) is 0 Å². The highest BCUT2D eigenvalue weighted by Gasteiger charge is 2.60. The van der Waals surface area contributed by atoms with E-state index >= 15 is 0 Å². The van der Waals surface area contributed by atoms with Gasteiger partial charge in [0.25, 0.3) is 5.91 Å². The molecule has 2 atom stereocenters. The van der Waals surface area contributed by atoms with Crippen molar-refractivity contribution in [3.63, 3.8) is 0 Å².